The Bertz CT molecular complexity index is 1390. The summed E-state index contributed by atoms with van der Waals surface area (Å²) in [4.78, 5) is 15.9. The minimum atomic E-state index is -4.63. The van der Waals surface area contributed by atoms with Gasteiger partial charge in [0, 0.05) is 17.2 Å². The van der Waals surface area contributed by atoms with E-state index in [0.29, 0.717) is 34.2 Å². The molecule has 0 unspecified atom stereocenters. The van der Waals surface area contributed by atoms with Crippen molar-refractivity contribution in [3.05, 3.63) is 94.1 Å². The van der Waals surface area contributed by atoms with Crippen LogP contribution in [0.3, 0.4) is 0 Å². The van der Waals surface area contributed by atoms with Gasteiger partial charge in [0.1, 0.15) is 24.0 Å². The lowest BCUT2D eigenvalue weighted by Crippen LogP contribution is -2.09. The molecular formula is C25H20F4N2O3. The fourth-order valence-corrected chi connectivity index (χ4v) is 3.80. The molecular weight excluding hydrogens is 452 g/mol. The molecule has 0 saturated heterocycles. The zero-order valence-electron chi connectivity index (χ0n) is 18.3. The van der Waals surface area contributed by atoms with Gasteiger partial charge in [-0.05, 0) is 43.7 Å². The van der Waals surface area contributed by atoms with Crippen LogP contribution in [0.15, 0.2) is 54.6 Å². The standard InChI is InChI=1S/C25H20F4N2O3/c1-14-9-19(34-13-17-5-3-4-6-20(17)24(32)33)11-22-23(14)30-15(2)31(22)12-16-7-8-18(10-21(16)26)25(27,28)29/h3-11H,12-13H2,1-2H3,(H,32,33). The summed E-state index contributed by atoms with van der Waals surface area (Å²) in [6.07, 6.45) is -4.63. The highest BCUT2D eigenvalue weighted by atomic mass is 19.4. The quantitative estimate of drug-likeness (QED) is 0.343. The largest absolute Gasteiger partial charge is 0.489 e. The van der Waals surface area contributed by atoms with Gasteiger partial charge < -0.3 is 14.4 Å². The van der Waals surface area contributed by atoms with Crippen LogP contribution in [0.1, 0.15) is 38.4 Å². The zero-order chi connectivity index (χ0) is 24.6. The van der Waals surface area contributed by atoms with Crippen molar-refractivity contribution >= 4 is 17.0 Å². The van der Waals surface area contributed by atoms with E-state index in [1.54, 1.807) is 41.8 Å². The van der Waals surface area contributed by atoms with Crippen molar-refractivity contribution < 1.29 is 32.2 Å². The van der Waals surface area contributed by atoms with E-state index < -0.39 is 23.5 Å². The summed E-state index contributed by atoms with van der Waals surface area (Å²) in [6, 6.07) is 12.4. The molecule has 0 saturated carbocycles. The second kappa shape index (κ2) is 8.81. The topological polar surface area (TPSA) is 64.3 Å². The SMILES string of the molecule is Cc1cc(OCc2ccccc2C(=O)O)cc2c1nc(C)n2Cc1ccc(C(F)(F)F)cc1F. The molecule has 0 aliphatic rings. The number of imidazole rings is 1. The number of carbonyl (C=O) groups is 1. The van der Waals surface area contributed by atoms with E-state index in [-0.39, 0.29) is 24.3 Å². The predicted molar refractivity (Wildman–Crippen MR) is 117 cm³/mol. The summed E-state index contributed by atoms with van der Waals surface area (Å²) < 4.78 is 60.7. The molecule has 4 rings (SSSR count). The van der Waals surface area contributed by atoms with Crippen molar-refractivity contribution in [2.24, 2.45) is 0 Å². The fraction of sp³-hybridized carbons (Fsp3) is 0.200. The molecule has 0 aliphatic heterocycles. The Morgan fingerprint density at radius 2 is 1.79 bits per heavy atom. The van der Waals surface area contributed by atoms with Crippen LogP contribution >= 0.6 is 0 Å². The Morgan fingerprint density at radius 3 is 2.47 bits per heavy atom. The molecule has 0 radical (unpaired) electrons. The van der Waals surface area contributed by atoms with E-state index in [2.05, 4.69) is 4.98 Å². The minimum Gasteiger partial charge on any atom is -0.489 e. The number of fused-ring (bicyclic) bond motifs is 1. The van der Waals surface area contributed by atoms with Crippen molar-refractivity contribution in [1.29, 1.82) is 0 Å². The van der Waals surface area contributed by atoms with E-state index in [9.17, 15) is 27.5 Å². The maximum atomic E-state index is 14.5. The molecule has 1 heterocycles. The number of benzene rings is 3. The van der Waals surface area contributed by atoms with Gasteiger partial charge in [0.15, 0.2) is 0 Å². The van der Waals surface area contributed by atoms with Gasteiger partial charge in [0.25, 0.3) is 0 Å². The van der Waals surface area contributed by atoms with Crippen molar-refractivity contribution in [3.63, 3.8) is 0 Å². The Labute approximate surface area is 192 Å². The Morgan fingerprint density at radius 1 is 1.06 bits per heavy atom. The number of aromatic nitrogens is 2. The first-order chi connectivity index (χ1) is 16.0. The third kappa shape index (κ3) is 4.59. The molecule has 0 spiro atoms. The molecule has 5 nitrogen and oxygen atoms in total. The zero-order valence-corrected chi connectivity index (χ0v) is 18.3. The van der Waals surface area contributed by atoms with Crippen LogP contribution in [0.2, 0.25) is 0 Å². The summed E-state index contributed by atoms with van der Waals surface area (Å²) >= 11 is 0. The second-order valence-corrected chi connectivity index (χ2v) is 7.91. The van der Waals surface area contributed by atoms with Crippen LogP contribution in [0.5, 0.6) is 5.75 Å². The van der Waals surface area contributed by atoms with Gasteiger partial charge in [-0.15, -0.1) is 0 Å². The Balaban J connectivity index is 1.66. The third-order valence-corrected chi connectivity index (χ3v) is 5.56. The first-order valence-corrected chi connectivity index (χ1v) is 10.3. The number of alkyl halides is 3. The summed E-state index contributed by atoms with van der Waals surface area (Å²) in [5.74, 6) is -0.992. The molecule has 0 amide bonds. The molecule has 3 aromatic carbocycles. The lowest BCUT2D eigenvalue weighted by Gasteiger charge is -2.13. The van der Waals surface area contributed by atoms with E-state index in [0.717, 1.165) is 17.7 Å². The summed E-state index contributed by atoms with van der Waals surface area (Å²) in [6.45, 7) is 3.56. The van der Waals surface area contributed by atoms with Crippen molar-refractivity contribution in [2.45, 2.75) is 33.2 Å². The summed E-state index contributed by atoms with van der Waals surface area (Å²) in [5, 5.41) is 9.35. The van der Waals surface area contributed by atoms with Crippen LogP contribution in [-0.4, -0.2) is 20.6 Å². The smallest absolute Gasteiger partial charge is 0.416 e. The van der Waals surface area contributed by atoms with Crippen molar-refractivity contribution in [1.82, 2.24) is 9.55 Å². The number of aryl methyl sites for hydroxylation is 2. The number of carboxylic acid groups (broad SMARTS) is 1. The normalized spacial score (nSPS) is 11.7. The average Bonchev–Trinajstić information content (AvgIpc) is 3.09. The fourth-order valence-electron chi connectivity index (χ4n) is 3.80. The molecule has 176 valence electrons. The highest BCUT2D eigenvalue weighted by Crippen LogP contribution is 2.31. The number of aromatic carboxylic acids is 1. The summed E-state index contributed by atoms with van der Waals surface area (Å²) in [7, 11) is 0. The average molecular weight is 472 g/mol. The number of rotatable bonds is 6. The third-order valence-electron chi connectivity index (χ3n) is 5.56. The number of carboxylic acids is 1. The molecule has 1 aromatic heterocycles. The highest BCUT2D eigenvalue weighted by Gasteiger charge is 2.31. The molecule has 1 N–H and O–H groups in total. The van der Waals surface area contributed by atoms with Gasteiger partial charge in [0.2, 0.25) is 0 Å². The van der Waals surface area contributed by atoms with Gasteiger partial charge in [-0.25, -0.2) is 14.2 Å². The van der Waals surface area contributed by atoms with Gasteiger partial charge in [-0.2, -0.15) is 13.2 Å². The van der Waals surface area contributed by atoms with Crippen LogP contribution < -0.4 is 4.74 Å². The number of nitrogens with zero attached hydrogens (tertiary/aromatic N) is 2. The molecule has 9 heteroatoms. The van der Waals surface area contributed by atoms with Crippen molar-refractivity contribution in [3.8, 4) is 5.75 Å². The number of ether oxygens (including phenoxy) is 1. The monoisotopic (exact) mass is 472 g/mol. The maximum absolute atomic E-state index is 14.5. The van der Waals surface area contributed by atoms with Crippen LogP contribution in [0.4, 0.5) is 17.6 Å². The molecule has 0 atom stereocenters. The first-order valence-electron chi connectivity index (χ1n) is 10.3. The van der Waals surface area contributed by atoms with Gasteiger partial charge in [-0.3, -0.25) is 0 Å². The van der Waals surface area contributed by atoms with Gasteiger partial charge >= 0.3 is 12.1 Å². The maximum Gasteiger partial charge on any atom is 0.416 e. The Hall–Kier alpha value is -3.88. The predicted octanol–water partition coefficient (Wildman–Crippen LogP) is 6.14. The van der Waals surface area contributed by atoms with E-state index >= 15 is 0 Å². The van der Waals surface area contributed by atoms with Crippen LogP contribution in [0, 0.1) is 19.7 Å². The van der Waals surface area contributed by atoms with E-state index in [1.165, 1.54) is 6.07 Å². The van der Waals surface area contributed by atoms with Crippen LogP contribution in [0.25, 0.3) is 11.0 Å². The number of hydrogen-bond donors (Lipinski definition) is 1. The summed E-state index contributed by atoms with van der Waals surface area (Å²) in [5.41, 5.74) is 1.75. The van der Waals surface area contributed by atoms with Gasteiger partial charge in [0.05, 0.1) is 28.7 Å². The molecule has 34 heavy (non-hydrogen) atoms. The van der Waals surface area contributed by atoms with Crippen molar-refractivity contribution in [2.75, 3.05) is 0 Å². The number of halogens is 4. The van der Waals surface area contributed by atoms with E-state index in [4.69, 9.17) is 4.74 Å². The second-order valence-electron chi connectivity index (χ2n) is 7.91. The number of hydrogen-bond acceptors (Lipinski definition) is 3. The molecule has 4 aromatic rings. The van der Waals surface area contributed by atoms with E-state index in [1.807, 2.05) is 6.92 Å². The lowest BCUT2D eigenvalue weighted by molar-refractivity contribution is -0.137. The first kappa shape index (κ1) is 23.3. The minimum absolute atomic E-state index is 0.0168. The van der Waals surface area contributed by atoms with Crippen LogP contribution in [-0.2, 0) is 19.3 Å². The Kier molecular flexibility index (Phi) is 6.03. The van der Waals surface area contributed by atoms with Gasteiger partial charge in [-0.1, -0.05) is 24.3 Å². The lowest BCUT2D eigenvalue weighted by atomic mass is 10.1. The molecule has 0 aliphatic carbocycles. The molecule has 0 fully saturated rings. The molecule has 0 bridgehead atoms. The highest BCUT2D eigenvalue weighted by molar-refractivity contribution is 5.89.